The van der Waals surface area contributed by atoms with Crippen LogP contribution in [0.5, 0.6) is 0 Å². The van der Waals surface area contributed by atoms with E-state index in [1.807, 2.05) is 12.1 Å². The van der Waals surface area contributed by atoms with Gasteiger partial charge in [0, 0.05) is 5.02 Å². The molecule has 0 spiro atoms. The van der Waals surface area contributed by atoms with Gasteiger partial charge in [-0.2, -0.15) is 15.5 Å². The molecule has 0 aliphatic carbocycles. The van der Waals surface area contributed by atoms with Crippen LogP contribution in [0.2, 0.25) is 5.02 Å². The van der Waals surface area contributed by atoms with Crippen LogP contribution in [0.15, 0.2) is 36.9 Å². The van der Waals surface area contributed by atoms with Crippen LogP contribution in [0, 0.1) is 11.3 Å². The second kappa shape index (κ2) is 6.20. The van der Waals surface area contributed by atoms with Gasteiger partial charge in [0.2, 0.25) is 0 Å². The number of hydrogen-bond donors (Lipinski definition) is 1. The molecule has 3 rings (SSSR count). The summed E-state index contributed by atoms with van der Waals surface area (Å²) < 4.78 is 1.61. The molecule has 7 nitrogen and oxygen atoms in total. The molecule has 0 aliphatic rings. The molecular formula is C14H10ClN7. The predicted octanol–water partition coefficient (Wildman–Crippen LogP) is 2.16. The Morgan fingerprint density at radius 1 is 1.45 bits per heavy atom. The minimum absolute atomic E-state index is 0.331. The molecule has 8 heteroatoms. The topological polar surface area (TPSA) is 96.1 Å². The zero-order chi connectivity index (χ0) is 15.4. The van der Waals surface area contributed by atoms with Gasteiger partial charge in [-0.3, -0.25) is 5.10 Å². The Balaban J connectivity index is 1.85. The number of nitriles is 1. The highest BCUT2D eigenvalue weighted by molar-refractivity contribution is 6.30. The molecular weight excluding hydrogens is 302 g/mol. The minimum atomic E-state index is 0.331. The number of H-pyrrole nitrogens is 1. The number of aromatic nitrogens is 6. The van der Waals surface area contributed by atoms with E-state index in [0.717, 1.165) is 5.56 Å². The fourth-order valence-electron chi connectivity index (χ4n) is 1.86. The lowest BCUT2D eigenvalue weighted by molar-refractivity contribution is 0.655. The second-order valence-corrected chi connectivity index (χ2v) is 4.86. The second-order valence-electron chi connectivity index (χ2n) is 4.42. The van der Waals surface area contributed by atoms with Gasteiger partial charge in [0.25, 0.3) is 0 Å². The quantitative estimate of drug-likeness (QED) is 0.745. The Morgan fingerprint density at radius 2 is 2.36 bits per heavy atom. The normalized spacial score (nSPS) is 11.4. The lowest BCUT2D eigenvalue weighted by Crippen LogP contribution is -2.01. The third-order valence-electron chi connectivity index (χ3n) is 2.83. The van der Waals surface area contributed by atoms with Gasteiger partial charge in [0.05, 0.1) is 5.57 Å². The molecule has 0 saturated carbocycles. The molecule has 0 atom stereocenters. The van der Waals surface area contributed by atoms with Crippen molar-refractivity contribution >= 4 is 23.3 Å². The Hall–Kier alpha value is -2.98. The number of rotatable bonds is 4. The molecule has 0 bridgehead atoms. The molecule has 0 aliphatic heterocycles. The maximum absolute atomic E-state index is 9.30. The van der Waals surface area contributed by atoms with Crippen LogP contribution in [0.1, 0.15) is 17.2 Å². The summed E-state index contributed by atoms with van der Waals surface area (Å²) in [5, 5.41) is 20.7. The van der Waals surface area contributed by atoms with Crippen LogP contribution in [-0.2, 0) is 6.54 Å². The minimum Gasteiger partial charge on any atom is -0.261 e. The SMILES string of the molecule is N#C/C(=C\c1cccc(Cl)c1)c1n[nH]c(Cn2cncn2)n1. The van der Waals surface area contributed by atoms with Crippen LogP contribution in [0.3, 0.4) is 0 Å². The van der Waals surface area contributed by atoms with E-state index in [1.165, 1.54) is 6.33 Å². The third kappa shape index (κ3) is 3.19. The van der Waals surface area contributed by atoms with E-state index in [-0.39, 0.29) is 0 Å². The molecule has 2 aromatic heterocycles. The molecule has 1 N–H and O–H groups in total. The lowest BCUT2D eigenvalue weighted by atomic mass is 10.1. The molecule has 22 heavy (non-hydrogen) atoms. The first-order valence-corrected chi connectivity index (χ1v) is 6.74. The summed E-state index contributed by atoms with van der Waals surface area (Å²) in [6.07, 6.45) is 4.71. The van der Waals surface area contributed by atoms with Crippen LogP contribution in [-0.4, -0.2) is 29.9 Å². The summed E-state index contributed by atoms with van der Waals surface area (Å²) in [5.74, 6) is 0.922. The van der Waals surface area contributed by atoms with Crippen molar-refractivity contribution in [3.05, 3.63) is 59.2 Å². The van der Waals surface area contributed by atoms with E-state index in [4.69, 9.17) is 11.6 Å². The Morgan fingerprint density at radius 3 is 3.09 bits per heavy atom. The van der Waals surface area contributed by atoms with E-state index in [0.29, 0.717) is 28.8 Å². The average molecular weight is 312 g/mol. The van der Waals surface area contributed by atoms with Crippen LogP contribution in [0.25, 0.3) is 11.6 Å². The molecule has 2 heterocycles. The maximum Gasteiger partial charge on any atom is 0.191 e. The summed E-state index contributed by atoms with van der Waals surface area (Å²) in [6, 6.07) is 9.30. The van der Waals surface area contributed by atoms with Crippen molar-refractivity contribution in [2.24, 2.45) is 0 Å². The standard InChI is InChI=1S/C14H10ClN7/c15-12-3-1-2-10(5-12)4-11(6-16)14-19-13(20-21-14)7-22-9-17-8-18-22/h1-5,8-9H,7H2,(H,19,20,21)/b11-4+. The fourth-order valence-corrected chi connectivity index (χ4v) is 2.06. The number of nitrogens with one attached hydrogen (secondary N) is 1. The number of aromatic amines is 1. The first-order valence-electron chi connectivity index (χ1n) is 6.36. The van der Waals surface area contributed by atoms with Crippen molar-refractivity contribution in [1.29, 1.82) is 5.26 Å². The number of allylic oxidation sites excluding steroid dienone is 1. The summed E-state index contributed by atoms with van der Waals surface area (Å²) in [4.78, 5) is 8.15. The Bertz CT molecular complexity index is 842. The van der Waals surface area contributed by atoms with Crippen LogP contribution in [0.4, 0.5) is 0 Å². The molecule has 0 fully saturated rings. The Labute approximate surface area is 130 Å². The first-order chi connectivity index (χ1) is 10.7. The van der Waals surface area contributed by atoms with E-state index in [2.05, 4.69) is 31.3 Å². The van der Waals surface area contributed by atoms with Gasteiger partial charge >= 0.3 is 0 Å². The Kier molecular flexibility index (Phi) is 3.94. The number of nitrogens with zero attached hydrogens (tertiary/aromatic N) is 6. The van der Waals surface area contributed by atoms with Crippen LogP contribution < -0.4 is 0 Å². The van der Waals surface area contributed by atoms with Crippen molar-refractivity contribution in [2.75, 3.05) is 0 Å². The van der Waals surface area contributed by atoms with Gasteiger partial charge in [0.15, 0.2) is 5.82 Å². The highest BCUT2D eigenvalue weighted by Gasteiger charge is 2.09. The summed E-state index contributed by atoms with van der Waals surface area (Å²) in [5.41, 5.74) is 1.16. The summed E-state index contributed by atoms with van der Waals surface area (Å²) >= 11 is 5.94. The van der Waals surface area contributed by atoms with Gasteiger partial charge in [0.1, 0.15) is 31.1 Å². The molecule has 0 amide bonds. The summed E-state index contributed by atoms with van der Waals surface area (Å²) in [6.45, 7) is 0.406. The average Bonchev–Trinajstić information content (AvgIpc) is 3.17. The predicted molar refractivity (Wildman–Crippen MR) is 80.4 cm³/mol. The smallest absolute Gasteiger partial charge is 0.191 e. The fraction of sp³-hybridized carbons (Fsp3) is 0.0714. The lowest BCUT2D eigenvalue weighted by Gasteiger charge is -1.96. The van der Waals surface area contributed by atoms with Gasteiger partial charge in [-0.05, 0) is 23.8 Å². The van der Waals surface area contributed by atoms with Crippen molar-refractivity contribution in [3.63, 3.8) is 0 Å². The zero-order valence-electron chi connectivity index (χ0n) is 11.3. The third-order valence-corrected chi connectivity index (χ3v) is 3.07. The summed E-state index contributed by atoms with van der Waals surface area (Å²) in [7, 11) is 0. The van der Waals surface area contributed by atoms with Gasteiger partial charge in [-0.15, -0.1) is 0 Å². The van der Waals surface area contributed by atoms with Gasteiger partial charge in [-0.25, -0.2) is 14.6 Å². The van der Waals surface area contributed by atoms with Crippen molar-refractivity contribution in [3.8, 4) is 6.07 Å². The first kappa shape index (κ1) is 14.0. The van der Waals surface area contributed by atoms with Crippen molar-refractivity contribution < 1.29 is 0 Å². The van der Waals surface area contributed by atoms with Crippen molar-refractivity contribution in [2.45, 2.75) is 6.54 Å². The highest BCUT2D eigenvalue weighted by atomic mass is 35.5. The molecule has 3 aromatic rings. The monoisotopic (exact) mass is 311 g/mol. The van der Waals surface area contributed by atoms with E-state index in [1.54, 1.807) is 29.2 Å². The highest BCUT2D eigenvalue weighted by Crippen LogP contribution is 2.17. The molecule has 1 aromatic carbocycles. The van der Waals surface area contributed by atoms with Gasteiger partial charge < -0.3 is 0 Å². The molecule has 0 radical (unpaired) electrons. The largest absolute Gasteiger partial charge is 0.261 e. The molecule has 0 saturated heterocycles. The van der Waals surface area contributed by atoms with Crippen LogP contribution >= 0.6 is 11.6 Å². The number of benzene rings is 1. The van der Waals surface area contributed by atoms with E-state index >= 15 is 0 Å². The van der Waals surface area contributed by atoms with Gasteiger partial charge in [-0.1, -0.05) is 23.7 Å². The maximum atomic E-state index is 9.30. The van der Waals surface area contributed by atoms with E-state index in [9.17, 15) is 5.26 Å². The van der Waals surface area contributed by atoms with Crippen molar-refractivity contribution in [1.82, 2.24) is 29.9 Å². The molecule has 108 valence electrons. The molecule has 0 unspecified atom stereocenters. The van der Waals surface area contributed by atoms with E-state index < -0.39 is 0 Å². The number of hydrogen-bond acceptors (Lipinski definition) is 5. The zero-order valence-corrected chi connectivity index (χ0v) is 12.1. The number of halogens is 1.